The topological polar surface area (TPSA) is 24.9 Å². The molecule has 0 radical (unpaired) electrons. The molecule has 1 N–H and O–H groups in total. The molecule has 0 atom stereocenters. The van der Waals surface area contributed by atoms with E-state index in [1.54, 1.807) is 29.0 Å². The Hall–Kier alpha value is -1.00. The molecule has 6 heteroatoms. The molecule has 1 heterocycles. The van der Waals surface area contributed by atoms with Crippen molar-refractivity contribution in [3.05, 3.63) is 56.5 Å². The second-order valence-electron chi connectivity index (χ2n) is 4.21. The van der Waals surface area contributed by atoms with E-state index < -0.39 is 0 Å². The van der Waals surface area contributed by atoms with Gasteiger partial charge in [0.1, 0.15) is 5.52 Å². The number of aromatic nitrogens is 1. The van der Waals surface area contributed by atoms with Crippen molar-refractivity contribution in [3.63, 3.8) is 0 Å². The Morgan fingerprint density at radius 1 is 1.05 bits per heavy atom. The van der Waals surface area contributed by atoms with Gasteiger partial charge in [-0.05, 0) is 35.9 Å². The zero-order valence-corrected chi connectivity index (χ0v) is 13.2. The Kier molecular flexibility index (Phi) is 4.03. The van der Waals surface area contributed by atoms with Crippen molar-refractivity contribution < 1.29 is 0 Å². The van der Waals surface area contributed by atoms with Gasteiger partial charge in [-0.15, -0.1) is 11.3 Å². The third kappa shape index (κ3) is 2.72. The van der Waals surface area contributed by atoms with Crippen LogP contribution in [0.25, 0.3) is 10.2 Å². The molecule has 20 heavy (non-hydrogen) atoms. The average Bonchev–Trinajstić information content (AvgIpc) is 2.90. The SMILES string of the molecule is Clc1ccc(Cl)c(CNc2c(Cl)ccc3scnc23)c1. The maximum atomic E-state index is 6.24. The van der Waals surface area contributed by atoms with Gasteiger partial charge in [0.2, 0.25) is 0 Å². The molecule has 2 aromatic carbocycles. The van der Waals surface area contributed by atoms with Crippen LogP contribution in [0.15, 0.2) is 35.8 Å². The first-order valence-corrected chi connectivity index (χ1v) is 7.86. The van der Waals surface area contributed by atoms with Crippen LogP contribution in [0.1, 0.15) is 5.56 Å². The minimum atomic E-state index is 0.537. The molecule has 0 spiro atoms. The van der Waals surface area contributed by atoms with E-state index in [1.165, 1.54) is 0 Å². The van der Waals surface area contributed by atoms with E-state index >= 15 is 0 Å². The highest BCUT2D eigenvalue weighted by Crippen LogP contribution is 2.33. The predicted molar refractivity (Wildman–Crippen MR) is 88.4 cm³/mol. The lowest BCUT2D eigenvalue weighted by atomic mass is 10.2. The van der Waals surface area contributed by atoms with E-state index in [4.69, 9.17) is 34.8 Å². The average molecular weight is 344 g/mol. The lowest BCUT2D eigenvalue weighted by Crippen LogP contribution is -2.01. The summed E-state index contributed by atoms with van der Waals surface area (Å²) in [5.74, 6) is 0. The molecular formula is C14H9Cl3N2S. The molecule has 2 nitrogen and oxygen atoms in total. The molecule has 3 aromatic rings. The Labute approximate surface area is 135 Å². The molecule has 0 bridgehead atoms. The fourth-order valence-corrected chi connectivity index (χ4v) is 3.22. The summed E-state index contributed by atoms with van der Waals surface area (Å²) in [5.41, 5.74) is 4.42. The molecule has 102 valence electrons. The van der Waals surface area contributed by atoms with Crippen molar-refractivity contribution in [2.75, 3.05) is 5.32 Å². The van der Waals surface area contributed by atoms with E-state index in [2.05, 4.69) is 10.3 Å². The minimum Gasteiger partial charge on any atom is -0.378 e. The highest BCUT2D eigenvalue weighted by Gasteiger charge is 2.09. The summed E-state index contributed by atoms with van der Waals surface area (Å²) in [6.07, 6.45) is 0. The number of benzene rings is 2. The zero-order chi connectivity index (χ0) is 14.1. The number of nitrogens with zero attached hydrogens (tertiary/aromatic N) is 1. The van der Waals surface area contributed by atoms with Crippen molar-refractivity contribution in [2.45, 2.75) is 6.54 Å². The van der Waals surface area contributed by atoms with Gasteiger partial charge in [-0.25, -0.2) is 4.98 Å². The van der Waals surface area contributed by atoms with Crippen molar-refractivity contribution >= 4 is 62.0 Å². The summed E-state index contributed by atoms with van der Waals surface area (Å²) in [6, 6.07) is 9.22. The third-order valence-electron chi connectivity index (χ3n) is 2.91. The molecular weight excluding hydrogens is 335 g/mol. The van der Waals surface area contributed by atoms with E-state index in [-0.39, 0.29) is 0 Å². The van der Waals surface area contributed by atoms with Gasteiger partial charge < -0.3 is 5.32 Å². The van der Waals surface area contributed by atoms with Gasteiger partial charge in [0, 0.05) is 16.6 Å². The molecule has 1 aromatic heterocycles. The summed E-state index contributed by atoms with van der Waals surface area (Å²) in [4.78, 5) is 4.34. The number of hydrogen-bond acceptors (Lipinski definition) is 3. The summed E-state index contributed by atoms with van der Waals surface area (Å²) in [5, 5.41) is 5.26. The quantitative estimate of drug-likeness (QED) is 0.643. The Bertz CT molecular complexity index is 770. The van der Waals surface area contributed by atoms with Crippen LogP contribution in [0, 0.1) is 0 Å². The first-order chi connectivity index (χ1) is 9.65. The number of thiazole rings is 1. The number of halogens is 3. The maximum absolute atomic E-state index is 6.24. The molecule has 0 amide bonds. The number of nitrogens with one attached hydrogen (secondary N) is 1. The molecule has 0 unspecified atom stereocenters. The number of anilines is 1. The minimum absolute atomic E-state index is 0.537. The molecule has 0 aliphatic heterocycles. The third-order valence-corrected chi connectivity index (χ3v) is 4.63. The summed E-state index contributed by atoms with van der Waals surface area (Å²) in [6.45, 7) is 0.537. The van der Waals surface area contributed by atoms with E-state index in [0.717, 1.165) is 21.5 Å². The molecule has 0 aliphatic rings. The van der Waals surface area contributed by atoms with Crippen LogP contribution >= 0.6 is 46.1 Å². The van der Waals surface area contributed by atoms with Crippen LogP contribution < -0.4 is 5.32 Å². The molecule has 0 saturated carbocycles. The number of hydrogen-bond donors (Lipinski definition) is 1. The van der Waals surface area contributed by atoms with Gasteiger partial charge in [0.25, 0.3) is 0 Å². The smallest absolute Gasteiger partial charge is 0.106 e. The van der Waals surface area contributed by atoms with Crippen molar-refractivity contribution in [1.82, 2.24) is 4.98 Å². The Morgan fingerprint density at radius 3 is 2.70 bits per heavy atom. The lowest BCUT2D eigenvalue weighted by molar-refractivity contribution is 1.15. The van der Waals surface area contributed by atoms with E-state index in [9.17, 15) is 0 Å². The molecule has 0 aliphatic carbocycles. The molecule has 0 fully saturated rings. The van der Waals surface area contributed by atoms with Gasteiger partial charge in [-0.1, -0.05) is 34.8 Å². The van der Waals surface area contributed by atoms with Crippen molar-refractivity contribution in [3.8, 4) is 0 Å². The van der Waals surface area contributed by atoms with Gasteiger partial charge in [-0.3, -0.25) is 0 Å². The van der Waals surface area contributed by atoms with Crippen LogP contribution in [0.3, 0.4) is 0 Å². The standard InChI is InChI=1S/C14H9Cl3N2S/c15-9-1-2-10(16)8(5-9)6-18-13-11(17)3-4-12-14(13)19-7-20-12/h1-5,7,18H,6H2. The molecule has 0 saturated heterocycles. The molecule has 3 rings (SSSR count). The monoisotopic (exact) mass is 342 g/mol. The fraction of sp³-hybridized carbons (Fsp3) is 0.0714. The first kappa shape index (κ1) is 14.0. The van der Waals surface area contributed by atoms with Crippen molar-refractivity contribution in [2.24, 2.45) is 0 Å². The van der Waals surface area contributed by atoms with E-state index in [0.29, 0.717) is 21.6 Å². The van der Waals surface area contributed by atoms with Crippen LogP contribution in [0.2, 0.25) is 15.1 Å². The first-order valence-electron chi connectivity index (χ1n) is 5.84. The summed E-state index contributed by atoms with van der Waals surface area (Å²) >= 11 is 20.0. The number of rotatable bonds is 3. The zero-order valence-electron chi connectivity index (χ0n) is 10.2. The Balaban J connectivity index is 1.92. The predicted octanol–water partition coefficient (Wildman–Crippen LogP) is 5.87. The van der Waals surface area contributed by atoms with Crippen LogP contribution in [0.4, 0.5) is 5.69 Å². The van der Waals surface area contributed by atoms with Gasteiger partial charge in [0.05, 0.1) is 20.9 Å². The second kappa shape index (κ2) is 5.78. The van der Waals surface area contributed by atoms with Crippen LogP contribution in [-0.4, -0.2) is 4.98 Å². The fourth-order valence-electron chi connectivity index (χ4n) is 1.94. The van der Waals surface area contributed by atoms with E-state index in [1.807, 2.05) is 18.2 Å². The number of fused-ring (bicyclic) bond motifs is 1. The van der Waals surface area contributed by atoms with Gasteiger partial charge in [-0.2, -0.15) is 0 Å². The van der Waals surface area contributed by atoms with Gasteiger partial charge in [0.15, 0.2) is 0 Å². The van der Waals surface area contributed by atoms with Crippen LogP contribution in [-0.2, 0) is 6.54 Å². The summed E-state index contributed by atoms with van der Waals surface area (Å²) in [7, 11) is 0. The van der Waals surface area contributed by atoms with Crippen LogP contribution in [0.5, 0.6) is 0 Å². The van der Waals surface area contributed by atoms with Crippen molar-refractivity contribution in [1.29, 1.82) is 0 Å². The largest absolute Gasteiger partial charge is 0.378 e. The lowest BCUT2D eigenvalue weighted by Gasteiger charge is -2.10. The Morgan fingerprint density at radius 2 is 1.85 bits per heavy atom. The second-order valence-corrected chi connectivity index (χ2v) is 6.35. The van der Waals surface area contributed by atoms with Gasteiger partial charge >= 0.3 is 0 Å². The highest BCUT2D eigenvalue weighted by molar-refractivity contribution is 7.16. The summed E-state index contributed by atoms with van der Waals surface area (Å²) < 4.78 is 1.09. The maximum Gasteiger partial charge on any atom is 0.106 e. The highest BCUT2D eigenvalue weighted by atomic mass is 35.5. The normalized spacial score (nSPS) is 10.9.